The van der Waals surface area contributed by atoms with Gasteiger partial charge in [0.05, 0.1) is 18.3 Å². The normalized spacial score (nSPS) is 32.6. The predicted molar refractivity (Wildman–Crippen MR) is 59.9 cm³/mol. The molecule has 0 amide bonds. The van der Waals surface area contributed by atoms with E-state index in [4.69, 9.17) is 14.7 Å². The highest BCUT2D eigenvalue weighted by molar-refractivity contribution is 5.02. The number of hydrogen-bond acceptors (Lipinski definition) is 4. The van der Waals surface area contributed by atoms with Gasteiger partial charge in [-0.25, -0.2) is 0 Å². The predicted octanol–water partition coefficient (Wildman–Crippen LogP) is 1.03. The van der Waals surface area contributed by atoms with Gasteiger partial charge in [0.15, 0.2) is 0 Å². The number of ether oxygens (including phenoxy) is 2. The Labute approximate surface area is 97.1 Å². The summed E-state index contributed by atoms with van der Waals surface area (Å²) in [5.74, 6) is 0. The minimum absolute atomic E-state index is 0.183. The van der Waals surface area contributed by atoms with E-state index < -0.39 is 0 Å². The third-order valence-electron chi connectivity index (χ3n) is 3.87. The van der Waals surface area contributed by atoms with Crippen LogP contribution in [-0.2, 0) is 9.47 Å². The second-order valence-electron chi connectivity index (χ2n) is 5.08. The van der Waals surface area contributed by atoms with E-state index >= 15 is 0 Å². The summed E-state index contributed by atoms with van der Waals surface area (Å²) < 4.78 is 10.8. The van der Waals surface area contributed by atoms with Crippen LogP contribution in [0.4, 0.5) is 0 Å². The summed E-state index contributed by atoms with van der Waals surface area (Å²) in [7, 11) is 3.48. The molecule has 2 atom stereocenters. The van der Waals surface area contributed by atoms with Crippen LogP contribution in [0.15, 0.2) is 0 Å². The van der Waals surface area contributed by atoms with Gasteiger partial charge < -0.3 is 9.47 Å². The van der Waals surface area contributed by atoms with Crippen LogP contribution in [0.25, 0.3) is 0 Å². The first-order valence-corrected chi connectivity index (χ1v) is 5.88. The highest BCUT2D eigenvalue weighted by Crippen LogP contribution is 2.49. The molecule has 0 aromatic heterocycles. The van der Waals surface area contributed by atoms with Crippen LogP contribution in [0.5, 0.6) is 0 Å². The van der Waals surface area contributed by atoms with Gasteiger partial charge in [-0.05, 0) is 18.3 Å². The fourth-order valence-electron chi connectivity index (χ4n) is 2.61. The molecule has 0 aromatic rings. The average Bonchev–Trinajstić information content (AvgIpc) is 2.91. The van der Waals surface area contributed by atoms with Crippen LogP contribution in [0.1, 0.15) is 19.3 Å². The molecule has 1 aliphatic carbocycles. The SMILES string of the molecule is COC1CN(CC2(CC#N)CC2)CC1OC. The molecular weight excluding hydrogens is 204 g/mol. The van der Waals surface area contributed by atoms with Crippen molar-refractivity contribution in [1.82, 2.24) is 4.90 Å². The standard InChI is InChI=1S/C12H20N2O2/c1-15-10-7-14(8-11(10)16-2)9-12(3-4-12)5-6-13/h10-11H,3-5,7-9H2,1-2H3. The summed E-state index contributed by atoms with van der Waals surface area (Å²) in [6, 6.07) is 2.31. The minimum Gasteiger partial charge on any atom is -0.377 e. The zero-order valence-electron chi connectivity index (χ0n) is 10.1. The number of likely N-dealkylation sites (tertiary alicyclic amines) is 1. The van der Waals surface area contributed by atoms with E-state index in [0.29, 0.717) is 6.42 Å². The van der Waals surface area contributed by atoms with Crippen molar-refractivity contribution in [2.45, 2.75) is 31.5 Å². The van der Waals surface area contributed by atoms with Gasteiger partial charge in [-0.15, -0.1) is 0 Å². The molecule has 4 nitrogen and oxygen atoms in total. The van der Waals surface area contributed by atoms with E-state index in [2.05, 4.69) is 11.0 Å². The Morgan fingerprint density at radius 2 is 1.81 bits per heavy atom. The highest BCUT2D eigenvalue weighted by Gasteiger charge is 2.46. The lowest BCUT2D eigenvalue weighted by Gasteiger charge is -2.20. The van der Waals surface area contributed by atoms with Gasteiger partial charge in [0.1, 0.15) is 0 Å². The van der Waals surface area contributed by atoms with Gasteiger partial charge in [0.2, 0.25) is 0 Å². The smallest absolute Gasteiger partial charge is 0.0971 e. The number of hydrogen-bond donors (Lipinski definition) is 0. The van der Waals surface area contributed by atoms with E-state index in [1.54, 1.807) is 14.2 Å². The monoisotopic (exact) mass is 224 g/mol. The Kier molecular flexibility index (Phi) is 3.48. The van der Waals surface area contributed by atoms with E-state index in [-0.39, 0.29) is 17.6 Å². The molecule has 0 spiro atoms. The van der Waals surface area contributed by atoms with E-state index in [0.717, 1.165) is 19.6 Å². The van der Waals surface area contributed by atoms with Crippen LogP contribution < -0.4 is 0 Å². The van der Waals surface area contributed by atoms with Crippen molar-refractivity contribution in [3.63, 3.8) is 0 Å². The van der Waals surface area contributed by atoms with Crippen LogP contribution >= 0.6 is 0 Å². The van der Waals surface area contributed by atoms with Crippen LogP contribution in [-0.4, -0.2) is 51.0 Å². The Hall–Kier alpha value is -0.630. The Balaban J connectivity index is 1.86. The molecule has 0 radical (unpaired) electrons. The van der Waals surface area contributed by atoms with Gasteiger partial charge >= 0.3 is 0 Å². The molecule has 1 saturated carbocycles. The molecule has 16 heavy (non-hydrogen) atoms. The van der Waals surface area contributed by atoms with E-state index in [1.165, 1.54) is 12.8 Å². The molecule has 0 bridgehead atoms. The lowest BCUT2D eigenvalue weighted by molar-refractivity contribution is -0.00461. The zero-order chi connectivity index (χ0) is 11.6. The van der Waals surface area contributed by atoms with Gasteiger partial charge in [-0.2, -0.15) is 5.26 Å². The minimum atomic E-state index is 0.183. The van der Waals surface area contributed by atoms with Crippen LogP contribution in [0.2, 0.25) is 0 Å². The number of rotatable bonds is 5. The number of methoxy groups -OCH3 is 2. The molecule has 90 valence electrons. The van der Waals surface area contributed by atoms with Gasteiger partial charge in [-0.3, -0.25) is 4.90 Å². The third kappa shape index (κ3) is 2.37. The maximum atomic E-state index is 8.79. The third-order valence-corrected chi connectivity index (χ3v) is 3.87. The largest absolute Gasteiger partial charge is 0.377 e. The maximum absolute atomic E-state index is 8.79. The number of nitrogens with zero attached hydrogens (tertiary/aromatic N) is 2. The Morgan fingerprint density at radius 1 is 1.25 bits per heavy atom. The first-order chi connectivity index (χ1) is 7.73. The summed E-state index contributed by atoms with van der Waals surface area (Å²) in [6.45, 7) is 2.89. The molecule has 0 N–H and O–H groups in total. The quantitative estimate of drug-likeness (QED) is 0.699. The van der Waals surface area contributed by atoms with Crippen molar-refractivity contribution >= 4 is 0 Å². The van der Waals surface area contributed by atoms with Crippen molar-refractivity contribution in [3.05, 3.63) is 0 Å². The molecule has 4 heteroatoms. The first-order valence-electron chi connectivity index (χ1n) is 5.88. The van der Waals surface area contributed by atoms with Crippen LogP contribution in [0, 0.1) is 16.7 Å². The molecule has 1 saturated heterocycles. The Morgan fingerprint density at radius 3 is 2.19 bits per heavy atom. The topological polar surface area (TPSA) is 45.5 Å². The fourth-order valence-corrected chi connectivity index (χ4v) is 2.61. The van der Waals surface area contributed by atoms with Crippen molar-refractivity contribution < 1.29 is 9.47 Å². The zero-order valence-corrected chi connectivity index (χ0v) is 10.1. The molecule has 2 unspecified atom stereocenters. The fraction of sp³-hybridized carbons (Fsp3) is 0.917. The van der Waals surface area contributed by atoms with Crippen molar-refractivity contribution in [2.24, 2.45) is 5.41 Å². The summed E-state index contributed by atoms with van der Waals surface area (Å²) >= 11 is 0. The Bertz CT molecular complexity index is 271. The molecule has 1 heterocycles. The van der Waals surface area contributed by atoms with Crippen LogP contribution in [0.3, 0.4) is 0 Å². The van der Waals surface area contributed by atoms with Crippen molar-refractivity contribution in [2.75, 3.05) is 33.9 Å². The van der Waals surface area contributed by atoms with E-state index in [9.17, 15) is 0 Å². The first kappa shape index (κ1) is 11.8. The summed E-state index contributed by atoms with van der Waals surface area (Å²) in [6.07, 6.45) is 3.46. The molecular formula is C12H20N2O2. The van der Waals surface area contributed by atoms with Crippen molar-refractivity contribution in [1.29, 1.82) is 5.26 Å². The average molecular weight is 224 g/mol. The molecule has 2 rings (SSSR count). The summed E-state index contributed by atoms with van der Waals surface area (Å²) in [4.78, 5) is 2.38. The molecule has 1 aliphatic heterocycles. The molecule has 2 fully saturated rings. The van der Waals surface area contributed by atoms with Gasteiger partial charge in [-0.1, -0.05) is 0 Å². The lowest BCUT2D eigenvalue weighted by Crippen LogP contribution is -2.29. The second-order valence-corrected chi connectivity index (χ2v) is 5.08. The van der Waals surface area contributed by atoms with Gasteiger partial charge in [0.25, 0.3) is 0 Å². The van der Waals surface area contributed by atoms with E-state index in [1.807, 2.05) is 0 Å². The molecule has 0 aromatic carbocycles. The summed E-state index contributed by atoms with van der Waals surface area (Å²) in [5.41, 5.74) is 0.287. The summed E-state index contributed by atoms with van der Waals surface area (Å²) in [5, 5.41) is 8.79. The number of nitriles is 1. The van der Waals surface area contributed by atoms with Gasteiger partial charge in [0, 0.05) is 40.3 Å². The maximum Gasteiger partial charge on any atom is 0.0971 e. The lowest BCUT2D eigenvalue weighted by atomic mass is 10.0. The second kappa shape index (κ2) is 4.70. The molecule has 2 aliphatic rings. The van der Waals surface area contributed by atoms with Crippen molar-refractivity contribution in [3.8, 4) is 6.07 Å². The highest BCUT2D eigenvalue weighted by atomic mass is 16.5.